The number of rotatable bonds is 5. The molecule has 1 aromatic heterocycles. The van der Waals surface area contributed by atoms with E-state index in [4.69, 9.17) is 11.6 Å². The molecular weight excluding hydrogens is 278 g/mol. The van der Waals surface area contributed by atoms with Gasteiger partial charge in [-0.2, -0.15) is 11.8 Å². The summed E-state index contributed by atoms with van der Waals surface area (Å²) in [4.78, 5) is 6.86. The van der Waals surface area contributed by atoms with Gasteiger partial charge in [0.05, 0.1) is 5.02 Å². The molecule has 1 N–H and O–H groups in total. The molecule has 19 heavy (non-hydrogen) atoms. The molecule has 106 valence electrons. The third kappa shape index (κ3) is 4.26. The zero-order valence-corrected chi connectivity index (χ0v) is 13.2. The number of anilines is 1. The molecule has 1 fully saturated rings. The Kier molecular flexibility index (Phi) is 5.79. The maximum atomic E-state index is 6.38. The third-order valence-electron chi connectivity index (χ3n) is 3.17. The van der Waals surface area contributed by atoms with Crippen LogP contribution in [0.5, 0.6) is 0 Å². The second kappa shape index (κ2) is 7.36. The lowest BCUT2D eigenvalue weighted by Crippen LogP contribution is -2.37. The van der Waals surface area contributed by atoms with Gasteiger partial charge in [-0.1, -0.05) is 25.4 Å². The summed E-state index contributed by atoms with van der Waals surface area (Å²) in [5.74, 6) is 2.09. The summed E-state index contributed by atoms with van der Waals surface area (Å²) in [7, 11) is 0. The van der Waals surface area contributed by atoms with Gasteiger partial charge in [-0.05, 0) is 24.6 Å². The molecule has 1 aliphatic heterocycles. The van der Waals surface area contributed by atoms with Crippen molar-refractivity contribution in [2.75, 3.05) is 30.3 Å². The molecule has 1 atom stereocenters. The lowest BCUT2D eigenvalue weighted by molar-refractivity contribution is 0.673. The van der Waals surface area contributed by atoms with Gasteiger partial charge in [-0.3, -0.25) is 0 Å². The van der Waals surface area contributed by atoms with Crippen molar-refractivity contribution in [1.29, 1.82) is 0 Å². The van der Waals surface area contributed by atoms with Crippen LogP contribution in [0.25, 0.3) is 0 Å². The Morgan fingerprint density at radius 3 is 3.11 bits per heavy atom. The summed E-state index contributed by atoms with van der Waals surface area (Å²) in [6, 6.07) is 2.04. The fourth-order valence-corrected chi connectivity index (χ4v) is 3.54. The van der Waals surface area contributed by atoms with Crippen molar-refractivity contribution < 1.29 is 0 Å². The summed E-state index contributed by atoms with van der Waals surface area (Å²) < 4.78 is 0. The van der Waals surface area contributed by atoms with E-state index in [9.17, 15) is 0 Å². The standard InChI is InChI=1S/C14H22ClN3S/c1-3-4-16-8-12-7-13(15)14(17-9-12)18-5-6-19-11(2)10-18/h7,9,11,16H,3-6,8,10H2,1-2H3. The van der Waals surface area contributed by atoms with Crippen molar-refractivity contribution in [1.82, 2.24) is 10.3 Å². The monoisotopic (exact) mass is 299 g/mol. The maximum Gasteiger partial charge on any atom is 0.147 e. The van der Waals surface area contributed by atoms with Crippen molar-refractivity contribution in [3.05, 3.63) is 22.8 Å². The summed E-state index contributed by atoms with van der Waals surface area (Å²) in [5, 5.41) is 4.79. The highest BCUT2D eigenvalue weighted by atomic mass is 35.5. The molecule has 5 heteroatoms. The molecule has 3 nitrogen and oxygen atoms in total. The summed E-state index contributed by atoms with van der Waals surface area (Å²) in [5.41, 5.74) is 1.15. The quantitative estimate of drug-likeness (QED) is 0.845. The molecule has 1 aromatic rings. The van der Waals surface area contributed by atoms with E-state index in [2.05, 4.69) is 29.0 Å². The van der Waals surface area contributed by atoms with Gasteiger partial charge in [0.2, 0.25) is 0 Å². The third-order valence-corrected chi connectivity index (χ3v) is 4.59. The smallest absolute Gasteiger partial charge is 0.147 e. The number of aromatic nitrogens is 1. The highest BCUT2D eigenvalue weighted by Crippen LogP contribution is 2.28. The average molecular weight is 300 g/mol. The minimum atomic E-state index is 0.650. The lowest BCUT2D eigenvalue weighted by atomic mass is 10.2. The number of pyridine rings is 1. The molecule has 0 amide bonds. The Balaban J connectivity index is 2.02. The molecular formula is C14H22ClN3S. The first-order chi connectivity index (χ1) is 9.20. The normalized spacial score (nSPS) is 19.7. The molecule has 2 rings (SSSR count). The van der Waals surface area contributed by atoms with E-state index >= 15 is 0 Å². The van der Waals surface area contributed by atoms with Crippen LogP contribution in [0.1, 0.15) is 25.8 Å². The summed E-state index contributed by atoms with van der Waals surface area (Å²) in [6.45, 7) is 8.36. The van der Waals surface area contributed by atoms with Gasteiger partial charge >= 0.3 is 0 Å². The molecule has 0 aromatic carbocycles. The van der Waals surface area contributed by atoms with Crippen molar-refractivity contribution in [2.24, 2.45) is 0 Å². The predicted octanol–water partition coefficient (Wildman–Crippen LogP) is 3.18. The van der Waals surface area contributed by atoms with Crippen molar-refractivity contribution in [3.8, 4) is 0 Å². The van der Waals surface area contributed by atoms with Gasteiger partial charge in [0.1, 0.15) is 5.82 Å². The summed E-state index contributed by atoms with van der Waals surface area (Å²) >= 11 is 8.40. The van der Waals surface area contributed by atoms with Crippen LogP contribution in [0.15, 0.2) is 12.3 Å². The van der Waals surface area contributed by atoms with Gasteiger partial charge in [-0.15, -0.1) is 0 Å². The first-order valence-electron chi connectivity index (χ1n) is 6.92. The second-order valence-corrected chi connectivity index (χ2v) is 6.91. The van der Waals surface area contributed by atoms with Crippen LogP contribution < -0.4 is 10.2 Å². The van der Waals surface area contributed by atoms with E-state index in [0.29, 0.717) is 5.25 Å². The van der Waals surface area contributed by atoms with Crippen molar-refractivity contribution in [3.63, 3.8) is 0 Å². The molecule has 1 unspecified atom stereocenters. The first-order valence-corrected chi connectivity index (χ1v) is 8.35. The molecule has 0 radical (unpaired) electrons. The number of hydrogen-bond donors (Lipinski definition) is 1. The average Bonchev–Trinajstić information content (AvgIpc) is 2.39. The first kappa shape index (κ1) is 14.9. The number of hydrogen-bond acceptors (Lipinski definition) is 4. The highest BCUT2D eigenvalue weighted by molar-refractivity contribution is 8.00. The maximum absolute atomic E-state index is 6.38. The van der Waals surface area contributed by atoms with E-state index in [0.717, 1.165) is 54.8 Å². The Labute approximate surface area is 125 Å². The molecule has 0 bridgehead atoms. The van der Waals surface area contributed by atoms with Crippen LogP contribution in [0, 0.1) is 0 Å². The van der Waals surface area contributed by atoms with Gasteiger partial charge in [0.15, 0.2) is 0 Å². The van der Waals surface area contributed by atoms with Crippen molar-refractivity contribution in [2.45, 2.75) is 32.1 Å². The van der Waals surface area contributed by atoms with E-state index in [1.807, 2.05) is 24.0 Å². The molecule has 2 heterocycles. The van der Waals surface area contributed by atoms with Gasteiger partial charge in [0.25, 0.3) is 0 Å². The number of nitrogens with zero attached hydrogens (tertiary/aromatic N) is 2. The molecule has 0 saturated carbocycles. The molecule has 0 aliphatic carbocycles. The Morgan fingerprint density at radius 1 is 1.58 bits per heavy atom. The predicted molar refractivity (Wildman–Crippen MR) is 85.4 cm³/mol. The lowest BCUT2D eigenvalue weighted by Gasteiger charge is -2.32. The summed E-state index contributed by atoms with van der Waals surface area (Å²) in [6.07, 6.45) is 3.08. The molecule has 1 aliphatic rings. The Morgan fingerprint density at radius 2 is 2.42 bits per heavy atom. The zero-order valence-electron chi connectivity index (χ0n) is 11.7. The SMILES string of the molecule is CCCNCc1cnc(N2CCSC(C)C2)c(Cl)c1. The largest absolute Gasteiger partial charge is 0.353 e. The Hall–Kier alpha value is -0.450. The van der Waals surface area contributed by atoms with E-state index < -0.39 is 0 Å². The van der Waals surface area contributed by atoms with E-state index in [1.165, 1.54) is 0 Å². The van der Waals surface area contributed by atoms with Gasteiger partial charge in [0, 0.05) is 36.8 Å². The zero-order chi connectivity index (χ0) is 13.7. The van der Waals surface area contributed by atoms with Gasteiger partial charge in [-0.25, -0.2) is 4.98 Å². The minimum Gasteiger partial charge on any atom is -0.353 e. The second-order valence-electron chi connectivity index (χ2n) is 4.95. The fraction of sp³-hybridized carbons (Fsp3) is 0.643. The molecule has 0 spiro atoms. The van der Waals surface area contributed by atoms with Crippen LogP contribution in [-0.2, 0) is 6.54 Å². The van der Waals surface area contributed by atoms with Crippen LogP contribution in [0.4, 0.5) is 5.82 Å². The van der Waals surface area contributed by atoms with Crippen LogP contribution in [0.3, 0.4) is 0 Å². The highest BCUT2D eigenvalue weighted by Gasteiger charge is 2.20. The van der Waals surface area contributed by atoms with Crippen molar-refractivity contribution >= 4 is 29.2 Å². The Bertz CT molecular complexity index is 414. The topological polar surface area (TPSA) is 28.2 Å². The van der Waals surface area contributed by atoms with Crippen LogP contribution in [0.2, 0.25) is 5.02 Å². The van der Waals surface area contributed by atoms with E-state index in [1.54, 1.807) is 0 Å². The van der Waals surface area contributed by atoms with Gasteiger partial charge < -0.3 is 10.2 Å². The number of thioether (sulfide) groups is 1. The van der Waals surface area contributed by atoms with E-state index in [-0.39, 0.29) is 0 Å². The fourth-order valence-electron chi connectivity index (χ4n) is 2.22. The van der Waals surface area contributed by atoms with Crippen LogP contribution >= 0.6 is 23.4 Å². The van der Waals surface area contributed by atoms with Crippen LogP contribution in [-0.4, -0.2) is 35.6 Å². The molecule has 1 saturated heterocycles. The number of nitrogens with one attached hydrogen (secondary N) is 1. The minimum absolute atomic E-state index is 0.650. The number of halogens is 1.